The van der Waals surface area contributed by atoms with Gasteiger partial charge in [-0.25, -0.2) is 9.67 Å². The molecule has 1 aliphatic heterocycles. The van der Waals surface area contributed by atoms with E-state index in [0.29, 0.717) is 5.92 Å². The van der Waals surface area contributed by atoms with Crippen molar-refractivity contribution in [2.75, 3.05) is 13.1 Å². The van der Waals surface area contributed by atoms with Crippen LogP contribution in [-0.2, 0) is 13.1 Å². The molecule has 3 aromatic rings. The molecule has 0 amide bonds. The number of aromatic nitrogens is 6. The fourth-order valence-corrected chi connectivity index (χ4v) is 3.34. The summed E-state index contributed by atoms with van der Waals surface area (Å²) in [6.07, 6.45) is 7.88. The van der Waals surface area contributed by atoms with Gasteiger partial charge >= 0.3 is 0 Å². The van der Waals surface area contributed by atoms with Gasteiger partial charge in [-0.1, -0.05) is 23.4 Å². The Morgan fingerprint density at radius 1 is 1.17 bits per heavy atom. The van der Waals surface area contributed by atoms with Crippen LogP contribution in [0.4, 0.5) is 0 Å². The third-order valence-corrected chi connectivity index (χ3v) is 4.46. The van der Waals surface area contributed by atoms with Gasteiger partial charge in [0.15, 0.2) is 0 Å². The fraction of sp³-hybridized carbons (Fsp3) is 0.412. The highest BCUT2D eigenvalue weighted by Crippen LogP contribution is 2.19. The molecule has 0 N–H and O–H groups in total. The zero-order valence-corrected chi connectivity index (χ0v) is 13.6. The molecule has 24 heavy (non-hydrogen) atoms. The fourth-order valence-electron chi connectivity index (χ4n) is 3.34. The smallest absolute Gasteiger partial charge is 0.137 e. The largest absolute Gasteiger partial charge is 0.297 e. The quantitative estimate of drug-likeness (QED) is 0.716. The lowest BCUT2D eigenvalue weighted by Gasteiger charge is -2.31. The first-order chi connectivity index (χ1) is 11.9. The van der Waals surface area contributed by atoms with E-state index in [4.69, 9.17) is 0 Å². The summed E-state index contributed by atoms with van der Waals surface area (Å²) >= 11 is 0. The van der Waals surface area contributed by atoms with Crippen LogP contribution in [-0.4, -0.2) is 47.7 Å². The number of benzene rings is 1. The summed E-state index contributed by atoms with van der Waals surface area (Å²) in [7, 11) is 0. The third kappa shape index (κ3) is 3.51. The number of piperidine rings is 1. The van der Waals surface area contributed by atoms with Gasteiger partial charge in [0.2, 0.25) is 0 Å². The molecule has 1 fully saturated rings. The van der Waals surface area contributed by atoms with Crippen LogP contribution < -0.4 is 0 Å². The van der Waals surface area contributed by atoms with Crippen LogP contribution in [0.5, 0.6) is 0 Å². The summed E-state index contributed by atoms with van der Waals surface area (Å²) < 4.78 is 3.77. The first kappa shape index (κ1) is 15.0. The number of hydrogen-bond donors (Lipinski definition) is 0. The molecule has 0 bridgehead atoms. The normalized spacial score (nSPS) is 18.8. The Bertz CT molecular complexity index is 750. The van der Waals surface area contributed by atoms with Crippen LogP contribution in [0.1, 0.15) is 18.5 Å². The molecule has 0 aliphatic carbocycles. The summed E-state index contributed by atoms with van der Waals surface area (Å²) in [5, 5.41) is 12.8. The Morgan fingerprint density at radius 3 is 2.92 bits per heavy atom. The third-order valence-electron chi connectivity index (χ3n) is 4.46. The van der Waals surface area contributed by atoms with Crippen molar-refractivity contribution in [3.63, 3.8) is 0 Å². The molecule has 0 radical (unpaired) electrons. The monoisotopic (exact) mass is 323 g/mol. The van der Waals surface area contributed by atoms with Crippen molar-refractivity contribution in [3.8, 4) is 5.69 Å². The van der Waals surface area contributed by atoms with Crippen LogP contribution >= 0.6 is 0 Å². The van der Waals surface area contributed by atoms with E-state index in [-0.39, 0.29) is 0 Å². The molecule has 0 saturated carbocycles. The van der Waals surface area contributed by atoms with Crippen molar-refractivity contribution in [3.05, 3.63) is 54.9 Å². The highest BCUT2D eigenvalue weighted by Gasteiger charge is 2.21. The van der Waals surface area contributed by atoms with Crippen LogP contribution in [0.2, 0.25) is 0 Å². The zero-order chi connectivity index (χ0) is 16.2. The lowest BCUT2D eigenvalue weighted by atomic mass is 9.98. The molecule has 7 heteroatoms. The molecule has 1 aromatic carbocycles. The number of para-hydroxylation sites is 1. The predicted octanol–water partition coefficient (Wildman–Crippen LogP) is 1.77. The summed E-state index contributed by atoms with van der Waals surface area (Å²) in [6.45, 7) is 3.97. The molecule has 0 spiro atoms. The molecule has 1 atom stereocenters. The van der Waals surface area contributed by atoms with E-state index in [2.05, 4.69) is 25.3 Å². The predicted molar refractivity (Wildman–Crippen MR) is 89.4 cm³/mol. The maximum Gasteiger partial charge on any atom is 0.137 e. The standard InChI is InChI=1S/C17H21N7/c1-2-6-17(7-3-1)24-12-16(20-21-24)11-22-8-4-5-15(9-22)10-23-14-18-13-19-23/h1-3,6-7,12-15H,4-5,8-11H2/t15-/m1/s1. The SMILES string of the molecule is c1ccc(-n2cc(CN3CCC[C@@H](Cn4cncn4)C3)nn2)cc1. The van der Waals surface area contributed by atoms with Crippen molar-refractivity contribution in [2.24, 2.45) is 5.92 Å². The van der Waals surface area contributed by atoms with E-state index in [1.165, 1.54) is 12.8 Å². The lowest BCUT2D eigenvalue weighted by Crippen LogP contribution is -2.36. The molecular formula is C17H21N7. The summed E-state index contributed by atoms with van der Waals surface area (Å²) in [6, 6.07) is 10.1. The Labute approximate surface area is 140 Å². The maximum atomic E-state index is 4.33. The van der Waals surface area contributed by atoms with Crippen LogP contribution in [0, 0.1) is 5.92 Å². The van der Waals surface area contributed by atoms with Crippen LogP contribution in [0.3, 0.4) is 0 Å². The zero-order valence-electron chi connectivity index (χ0n) is 13.6. The van der Waals surface area contributed by atoms with E-state index in [1.807, 2.05) is 45.9 Å². The number of rotatable bonds is 5. The van der Waals surface area contributed by atoms with Crippen molar-refractivity contribution < 1.29 is 0 Å². The van der Waals surface area contributed by atoms with Crippen LogP contribution in [0.15, 0.2) is 49.2 Å². The van der Waals surface area contributed by atoms with E-state index >= 15 is 0 Å². The minimum atomic E-state index is 0.615. The molecule has 3 heterocycles. The van der Waals surface area contributed by atoms with Crippen molar-refractivity contribution in [1.29, 1.82) is 0 Å². The molecule has 1 aliphatic rings. The highest BCUT2D eigenvalue weighted by molar-refractivity contribution is 5.29. The van der Waals surface area contributed by atoms with E-state index < -0.39 is 0 Å². The second kappa shape index (κ2) is 6.92. The van der Waals surface area contributed by atoms with Gasteiger partial charge in [-0.15, -0.1) is 5.10 Å². The highest BCUT2D eigenvalue weighted by atomic mass is 15.4. The summed E-state index contributed by atoms with van der Waals surface area (Å²) in [5.41, 5.74) is 2.05. The first-order valence-electron chi connectivity index (χ1n) is 8.38. The molecule has 1 saturated heterocycles. The molecule has 2 aromatic heterocycles. The minimum absolute atomic E-state index is 0.615. The Balaban J connectivity index is 1.37. The lowest BCUT2D eigenvalue weighted by molar-refractivity contribution is 0.151. The molecule has 124 valence electrons. The topological polar surface area (TPSA) is 64.7 Å². The second-order valence-corrected chi connectivity index (χ2v) is 6.35. The number of nitrogens with zero attached hydrogens (tertiary/aromatic N) is 7. The van der Waals surface area contributed by atoms with E-state index in [1.54, 1.807) is 12.7 Å². The second-order valence-electron chi connectivity index (χ2n) is 6.35. The Kier molecular flexibility index (Phi) is 4.33. The Hall–Kier alpha value is -2.54. The van der Waals surface area contributed by atoms with Gasteiger partial charge in [0.25, 0.3) is 0 Å². The van der Waals surface area contributed by atoms with Gasteiger partial charge < -0.3 is 0 Å². The van der Waals surface area contributed by atoms with E-state index in [0.717, 1.165) is 37.6 Å². The van der Waals surface area contributed by atoms with Gasteiger partial charge in [0, 0.05) is 19.6 Å². The summed E-state index contributed by atoms with van der Waals surface area (Å²) in [4.78, 5) is 6.49. The number of hydrogen-bond acceptors (Lipinski definition) is 5. The first-order valence-corrected chi connectivity index (χ1v) is 8.38. The minimum Gasteiger partial charge on any atom is -0.297 e. The van der Waals surface area contributed by atoms with Crippen LogP contribution in [0.25, 0.3) is 5.69 Å². The van der Waals surface area contributed by atoms with Gasteiger partial charge in [-0.2, -0.15) is 5.10 Å². The van der Waals surface area contributed by atoms with Crippen molar-refractivity contribution in [2.45, 2.75) is 25.9 Å². The van der Waals surface area contributed by atoms with E-state index in [9.17, 15) is 0 Å². The van der Waals surface area contributed by atoms with Crippen molar-refractivity contribution >= 4 is 0 Å². The van der Waals surface area contributed by atoms with Gasteiger partial charge in [-0.05, 0) is 37.4 Å². The number of likely N-dealkylation sites (tertiary alicyclic amines) is 1. The van der Waals surface area contributed by atoms with Crippen molar-refractivity contribution in [1.82, 2.24) is 34.7 Å². The summed E-state index contributed by atoms with van der Waals surface area (Å²) in [5.74, 6) is 0.615. The average Bonchev–Trinajstić information content (AvgIpc) is 3.28. The average molecular weight is 323 g/mol. The Morgan fingerprint density at radius 2 is 2.08 bits per heavy atom. The molecular weight excluding hydrogens is 302 g/mol. The molecule has 0 unspecified atom stereocenters. The van der Waals surface area contributed by atoms with Gasteiger partial charge in [0.05, 0.1) is 17.6 Å². The molecule has 7 nitrogen and oxygen atoms in total. The van der Waals surface area contributed by atoms with Gasteiger partial charge in [0.1, 0.15) is 12.7 Å². The van der Waals surface area contributed by atoms with Gasteiger partial charge in [-0.3, -0.25) is 9.58 Å². The maximum absolute atomic E-state index is 4.33. The molecule has 4 rings (SSSR count).